The van der Waals surface area contributed by atoms with Crippen LogP contribution in [0.4, 0.5) is 0 Å². The summed E-state index contributed by atoms with van der Waals surface area (Å²) in [6.07, 6.45) is 8.46. The van der Waals surface area contributed by atoms with Crippen molar-refractivity contribution >= 4 is 11.8 Å². The van der Waals surface area contributed by atoms with Gasteiger partial charge in [-0.25, -0.2) is 5.48 Å². The Labute approximate surface area is 104 Å². The molecule has 0 saturated carbocycles. The van der Waals surface area contributed by atoms with E-state index in [1.54, 1.807) is 29.8 Å². The van der Waals surface area contributed by atoms with Gasteiger partial charge in [-0.15, -0.1) is 0 Å². The summed E-state index contributed by atoms with van der Waals surface area (Å²) in [6.45, 7) is -0.245. The smallest absolute Gasteiger partial charge is 0.257 e. The number of aliphatic hydroxyl groups is 1. The highest BCUT2D eigenvalue weighted by molar-refractivity contribution is 5.94. The quantitative estimate of drug-likeness (QED) is 0.308. The van der Waals surface area contributed by atoms with Gasteiger partial charge in [0.15, 0.2) is 0 Å². The highest BCUT2D eigenvalue weighted by Crippen LogP contribution is 2.31. The van der Waals surface area contributed by atoms with E-state index in [-0.39, 0.29) is 18.6 Å². The Kier molecular flexibility index (Phi) is 4.82. The zero-order valence-corrected chi connectivity index (χ0v) is 9.80. The summed E-state index contributed by atoms with van der Waals surface area (Å²) >= 11 is 0. The topological polar surface area (TPSA) is 113 Å². The summed E-state index contributed by atoms with van der Waals surface area (Å²) in [5, 5.41) is 17.6. The van der Waals surface area contributed by atoms with Gasteiger partial charge in [0.1, 0.15) is 0 Å². The SMILES string of the molecule is NC(=O)C(=CC1(C(=O)NO)C=CC=CC1)CCO. The van der Waals surface area contributed by atoms with Crippen LogP contribution in [-0.2, 0) is 9.59 Å². The fourth-order valence-electron chi connectivity index (χ4n) is 1.78. The molecule has 5 N–H and O–H groups in total. The Hall–Kier alpha value is -1.92. The van der Waals surface area contributed by atoms with Gasteiger partial charge in [0, 0.05) is 18.6 Å². The van der Waals surface area contributed by atoms with E-state index in [9.17, 15) is 9.59 Å². The number of amides is 2. The molecule has 0 aromatic heterocycles. The van der Waals surface area contributed by atoms with Gasteiger partial charge in [0.2, 0.25) is 5.91 Å². The number of aliphatic hydroxyl groups excluding tert-OH is 1. The minimum absolute atomic E-state index is 0.0628. The van der Waals surface area contributed by atoms with E-state index in [2.05, 4.69) is 0 Å². The lowest BCUT2D eigenvalue weighted by Gasteiger charge is -2.26. The fourth-order valence-corrected chi connectivity index (χ4v) is 1.78. The van der Waals surface area contributed by atoms with Gasteiger partial charge >= 0.3 is 0 Å². The van der Waals surface area contributed by atoms with Gasteiger partial charge in [-0.2, -0.15) is 0 Å². The molecule has 0 aromatic carbocycles. The third-order valence-electron chi connectivity index (χ3n) is 2.75. The van der Waals surface area contributed by atoms with Crippen molar-refractivity contribution in [3.05, 3.63) is 36.0 Å². The van der Waals surface area contributed by atoms with Crippen LogP contribution in [0.2, 0.25) is 0 Å². The summed E-state index contributed by atoms with van der Waals surface area (Å²) in [4.78, 5) is 23.0. The number of hydroxylamine groups is 1. The first-order chi connectivity index (χ1) is 8.55. The Bertz CT molecular complexity index is 426. The van der Waals surface area contributed by atoms with Crippen LogP contribution in [0.1, 0.15) is 12.8 Å². The van der Waals surface area contributed by atoms with Crippen LogP contribution in [0.3, 0.4) is 0 Å². The van der Waals surface area contributed by atoms with Crippen molar-refractivity contribution < 1.29 is 19.9 Å². The molecule has 1 atom stereocenters. The average Bonchev–Trinajstić information content (AvgIpc) is 2.38. The monoisotopic (exact) mass is 252 g/mol. The van der Waals surface area contributed by atoms with Gasteiger partial charge in [-0.3, -0.25) is 14.8 Å². The first-order valence-electron chi connectivity index (χ1n) is 5.47. The molecule has 0 radical (unpaired) electrons. The average molecular weight is 252 g/mol. The van der Waals surface area contributed by atoms with Crippen LogP contribution in [0.25, 0.3) is 0 Å². The molecule has 0 spiro atoms. The first-order valence-corrected chi connectivity index (χ1v) is 5.47. The second kappa shape index (κ2) is 6.13. The normalized spacial score (nSPS) is 22.9. The van der Waals surface area contributed by atoms with Gasteiger partial charge in [-0.1, -0.05) is 30.4 Å². The fraction of sp³-hybridized carbons (Fsp3) is 0.333. The molecule has 6 heteroatoms. The van der Waals surface area contributed by atoms with E-state index in [1.165, 1.54) is 6.08 Å². The van der Waals surface area contributed by atoms with E-state index >= 15 is 0 Å². The predicted octanol–water partition coefficient (Wildman–Crippen LogP) is -0.212. The van der Waals surface area contributed by atoms with Crippen molar-refractivity contribution in [3.63, 3.8) is 0 Å². The molecule has 1 aliphatic rings. The highest BCUT2D eigenvalue weighted by Gasteiger charge is 2.34. The zero-order chi connectivity index (χ0) is 13.6. The molecule has 98 valence electrons. The number of hydrogen-bond acceptors (Lipinski definition) is 4. The predicted molar refractivity (Wildman–Crippen MR) is 64.2 cm³/mol. The molecular weight excluding hydrogens is 236 g/mol. The first kappa shape index (κ1) is 14.1. The van der Waals surface area contributed by atoms with Crippen molar-refractivity contribution in [3.8, 4) is 0 Å². The molecule has 0 aromatic rings. The molecule has 0 saturated heterocycles. The van der Waals surface area contributed by atoms with E-state index in [1.807, 2.05) is 0 Å². The number of nitrogens with one attached hydrogen (secondary N) is 1. The molecule has 0 heterocycles. The number of nitrogens with two attached hydrogens (primary N) is 1. The molecule has 2 amide bonds. The second-order valence-electron chi connectivity index (χ2n) is 3.98. The molecule has 1 aliphatic carbocycles. The van der Waals surface area contributed by atoms with E-state index in [4.69, 9.17) is 16.0 Å². The van der Waals surface area contributed by atoms with E-state index < -0.39 is 17.2 Å². The van der Waals surface area contributed by atoms with Gasteiger partial charge in [0.05, 0.1) is 5.41 Å². The standard InChI is InChI=1S/C12H16N2O4/c13-10(16)9(4-7-15)8-12(11(17)14-18)5-2-1-3-6-12/h1-3,5,8,15,18H,4,6-7H2,(H2,13,16)(H,14,17). The van der Waals surface area contributed by atoms with Crippen molar-refractivity contribution in [2.45, 2.75) is 12.8 Å². The number of carbonyl (C=O) groups is 2. The van der Waals surface area contributed by atoms with Crippen molar-refractivity contribution in [2.75, 3.05) is 6.61 Å². The molecule has 0 fully saturated rings. The molecule has 0 aliphatic heterocycles. The lowest BCUT2D eigenvalue weighted by molar-refractivity contribution is -0.135. The lowest BCUT2D eigenvalue weighted by atomic mass is 9.79. The van der Waals surface area contributed by atoms with Crippen LogP contribution in [-0.4, -0.2) is 28.7 Å². The molecular formula is C12H16N2O4. The summed E-state index contributed by atoms with van der Waals surface area (Å²) in [6, 6.07) is 0. The number of rotatable bonds is 5. The van der Waals surface area contributed by atoms with Crippen molar-refractivity contribution in [1.82, 2.24) is 5.48 Å². The number of primary amides is 1. The summed E-state index contributed by atoms with van der Waals surface area (Å²) in [7, 11) is 0. The number of carbonyl (C=O) groups excluding carboxylic acids is 2. The summed E-state index contributed by atoms with van der Waals surface area (Å²) in [5.41, 5.74) is 5.77. The number of allylic oxidation sites excluding steroid dienone is 3. The van der Waals surface area contributed by atoms with Crippen LogP contribution >= 0.6 is 0 Å². The molecule has 1 unspecified atom stereocenters. The van der Waals surface area contributed by atoms with E-state index in [0.717, 1.165) is 0 Å². The minimum Gasteiger partial charge on any atom is -0.396 e. The Morgan fingerprint density at radius 2 is 2.17 bits per heavy atom. The van der Waals surface area contributed by atoms with Crippen LogP contribution in [0, 0.1) is 5.41 Å². The molecule has 18 heavy (non-hydrogen) atoms. The van der Waals surface area contributed by atoms with Crippen LogP contribution in [0.15, 0.2) is 36.0 Å². The second-order valence-corrected chi connectivity index (χ2v) is 3.98. The third-order valence-corrected chi connectivity index (χ3v) is 2.75. The van der Waals surface area contributed by atoms with Crippen molar-refractivity contribution in [2.24, 2.45) is 11.1 Å². The van der Waals surface area contributed by atoms with Gasteiger partial charge in [0.25, 0.3) is 5.91 Å². The minimum atomic E-state index is -1.15. The van der Waals surface area contributed by atoms with Crippen molar-refractivity contribution in [1.29, 1.82) is 0 Å². The van der Waals surface area contributed by atoms with Gasteiger partial charge < -0.3 is 10.8 Å². The molecule has 0 bridgehead atoms. The van der Waals surface area contributed by atoms with Crippen LogP contribution < -0.4 is 11.2 Å². The van der Waals surface area contributed by atoms with E-state index in [0.29, 0.717) is 6.42 Å². The zero-order valence-electron chi connectivity index (χ0n) is 9.80. The third kappa shape index (κ3) is 3.06. The molecule has 6 nitrogen and oxygen atoms in total. The molecule has 1 rings (SSSR count). The maximum Gasteiger partial charge on any atom is 0.257 e. The highest BCUT2D eigenvalue weighted by atomic mass is 16.5. The summed E-state index contributed by atoms with van der Waals surface area (Å²) in [5.74, 6) is -1.35. The van der Waals surface area contributed by atoms with Gasteiger partial charge in [-0.05, 0) is 6.42 Å². The van der Waals surface area contributed by atoms with Crippen LogP contribution in [0.5, 0.6) is 0 Å². The summed E-state index contributed by atoms with van der Waals surface area (Å²) < 4.78 is 0. The maximum absolute atomic E-state index is 11.7. The Morgan fingerprint density at radius 3 is 2.61 bits per heavy atom. The lowest BCUT2D eigenvalue weighted by Crippen LogP contribution is -2.38. The number of hydrogen-bond donors (Lipinski definition) is 4. The Morgan fingerprint density at radius 1 is 1.44 bits per heavy atom. The maximum atomic E-state index is 11.7. The largest absolute Gasteiger partial charge is 0.396 e. The Balaban J connectivity index is 3.15.